The lowest BCUT2D eigenvalue weighted by Crippen LogP contribution is -2.34. The van der Waals surface area contributed by atoms with E-state index in [0.29, 0.717) is 0 Å². The van der Waals surface area contributed by atoms with Crippen molar-refractivity contribution in [3.05, 3.63) is 148 Å². The van der Waals surface area contributed by atoms with Gasteiger partial charge in [-0.3, -0.25) is 9.59 Å². The number of ether oxygens (including phenoxy) is 5. The molecule has 0 aliphatic carbocycles. The van der Waals surface area contributed by atoms with Crippen LogP contribution in [0.25, 0.3) is 6.08 Å². The Labute approximate surface area is 437 Å². The minimum Gasteiger partial charge on any atom is -0.504 e. The summed E-state index contributed by atoms with van der Waals surface area (Å²) in [6, 6.07) is 17.9. The predicted octanol–water partition coefficient (Wildman–Crippen LogP) is 4.91. The SMILES string of the molecule is O=C(/C=C/c1cc(O)c2c(c1)[C@H](C(=O)O[C@H](Cc1ccc(O)c3c1[C@H](C(=O)O[C@H](Cc1ccc(O)c(O)c1)C(=O)O)[C@@H](c1ccc(O)c(O)c1)O3)C(=O)O)[C@@H](c1ccc(O)c(O)c1)O2)O[C@H](Cc1ccc(O)c(O)c1)C(=O)O. The number of phenolic OH excluding ortho intramolecular Hbond substituents is 10. The lowest BCUT2D eigenvalue weighted by molar-refractivity contribution is -0.166. The Bertz CT molecular complexity index is 3440. The van der Waals surface area contributed by atoms with Gasteiger partial charge in [-0.1, -0.05) is 30.3 Å². The molecule has 0 aromatic heterocycles. The molecule has 24 nitrogen and oxygen atoms in total. The third-order valence-corrected chi connectivity index (χ3v) is 12.6. The molecule has 0 fully saturated rings. The number of hydrogen-bond donors (Lipinski definition) is 13. The molecule has 0 saturated heterocycles. The van der Waals surface area contributed by atoms with Crippen LogP contribution in [0, 0.1) is 0 Å². The third kappa shape index (κ3) is 11.3. The van der Waals surface area contributed by atoms with Crippen molar-refractivity contribution in [2.24, 2.45) is 0 Å². The van der Waals surface area contributed by atoms with Crippen LogP contribution in [-0.2, 0) is 62.2 Å². The van der Waals surface area contributed by atoms with Crippen molar-refractivity contribution in [2.75, 3.05) is 0 Å². The van der Waals surface area contributed by atoms with Crippen LogP contribution in [-0.4, -0.2) is 121 Å². The minimum atomic E-state index is -2.20. The van der Waals surface area contributed by atoms with Crippen LogP contribution < -0.4 is 9.47 Å². The van der Waals surface area contributed by atoms with Gasteiger partial charge in [-0.2, -0.15) is 0 Å². The van der Waals surface area contributed by atoms with Gasteiger partial charge in [0.25, 0.3) is 0 Å². The molecule has 0 amide bonds. The summed E-state index contributed by atoms with van der Waals surface area (Å²) in [5.74, 6) is -19.2. The summed E-state index contributed by atoms with van der Waals surface area (Å²) in [6.45, 7) is 0. The second kappa shape index (κ2) is 21.7. The fraction of sp³-hybridized carbons (Fsp3) is 0.185. The van der Waals surface area contributed by atoms with E-state index in [-0.39, 0.29) is 50.3 Å². The average molecular weight is 1080 g/mol. The van der Waals surface area contributed by atoms with Gasteiger partial charge in [-0.05, 0) is 106 Å². The van der Waals surface area contributed by atoms with Crippen molar-refractivity contribution < 1.29 is 119 Å². The first-order valence-electron chi connectivity index (χ1n) is 23.1. The van der Waals surface area contributed by atoms with Gasteiger partial charge in [0.05, 0.1) is 0 Å². The lowest BCUT2D eigenvalue weighted by Gasteiger charge is -2.23. The maximum atomic E-state index is 14.6. The highest BCUT2D eigenvalue weighted by Crippen LogP contribution is 2.55. The Kier molecular flexibility index (Phi) is 15.0. The van der Waals surface area contributed by atoms with Crippen molar-refractivity contribution >= 4 is 41.9 Å². The molecule has 7 atom stereocenters. The second-order valence-electron chi connectivity index (χ2n) is 17.9. The molecular weight excluding hydrogens is 1030 g/mol. The highest BCUT2D eigenvalue weighted by atomic mass is 16.6. The van der Waals surface area contributed by atoms with Crippen molar-refractivity contribution in [3.63, 3.8) is 0 Å². The van der Waals surface area contributed by atoms with E-state index in [1.165, 1.54) is 30.3 Å². The number of phenols is 10. The molecule has 0 bridgehead atoms. The number of carboxylic acids is 3. The molecule has 2 aliphatic heterocycles. The van der Waals surface area contributed by atoms with Gasteiger partial charge in [-0.25, -0.2) is 19.2 Å². The topological polar surface area (TPSA) is 412 Å². The Balaban J connectivity index is 1.11. The van der Waals surface area contributed by atoms with E-state index in [2.05, 4.69) is 0 Å². The van der Waals surface area contributed by atoms with E-state index >= 15 is 0 Å². The molecule has 6 aromatic carbocycles. The Morgan fingerprint density at radius 2 is 0.885 bits per heavy atom. The summed E-state index contributed by atoms with van der Waals surface area (Å²) in [5, 5.41) is 133. The van der Waals surface area contributed by atoms with Crippen LogP contribution in [0.15, 0.2) is 103 Å². The summed E-state index contributed by atoms with van der Waals surface area (Å²) in [7, 11) is 0. The highest BCUT2D eigenvalue weighted by molar-refractivity contribution is 5.91. The Hall–Kier alpha value is -10.5. The molecule has 2 aliphatic rings. The molecule has 0 radical (unpaired) electrons. The lowest BCUT2D eigenvalue weighted by atomic mass is 9.86. The van der Waals surface area contributed by atoms with Gasteiger partial charge in [0, 0.05) is 36.5 Å². The fourth-order valence-electron chi connectivity index (χ4n) is 8.87. The number of aromatic hydroxyl groups is 10. The van der Waals surface area contributed by atoms with Gasteiger partial charge in [0.2, 0.25) is 18.3 Å². The normalized spacial score (nSPS) is 17.3. The maximum absolute atomic E-state index is 14.6. The number of carbonyl (C=O) groups excluding carboxylic acids is 3. The number of benzene rings is 6. The molecule has 6 aromatic rings. The smallest absolute Gasteiger partial charge is 0.345 e. The molecular formula is C54H44O24. The monoisotopic (exact) mass is 1080 g/mol. The van der Waals surface area contributed by atoms with Crippen LogP contribution in [0.5, 0.6) is 69.0 Å². The molecule has 2 heterocycles. The summed E-state index contributed by atoms with van der Waals surface area (Å²) in [4.78, 5) is 79.8. The van der Waals surface area contributed by atoms with Gasteiger partial charge in [0.1, 0.15) is 24.0 Å². The average Bonchev–Trinajstić information content (AvgIpc) is 4.23. The van der Waals surface area contributed by atoms with E-state index in [9.17, 15) is 95.2 Å². The number of hydrogen-bond acceptors (Lipinski definition) is 21. The second-order valence-corrected chi connectivity index (χ2v) is 17.9. The number of rotatable bonds is 18. The molecule has 404 valence electrons. The first kappa shape index (κ1) is 53.8. The quantitative estimate of drug-likeness (QED) is 0.0235. The third-order valence-electron chi connectivity index (χ3n) is 12.6. The largest absolute Gasteiger partial charge is 0.504 e. The van der Waals surface area contributed by atoms with Crippen molar-refractivity contribution in [1.82, 2.24) is 0 Å². The summed E-state index contributed by atoms with van der Waals surface area (Å²) >= 11 is 0. The molecule has 78 heavy (non-hydrogen) atoms. The van der Waals surface area contributed by atoms with Crippen molar-refractivity contribution in [1.29, 1.82) is 0 Å². The van der Waals surface area contributed by atoms with Crippen molar-refractivity contribution in [2.45, 2.75) is 61.6 Å². The number of esters is 3. The van der Waals surface area contributed by atoms with Crippen LogP contribution in [0.4, 0.5) is 0 Å². The molecule has 24 heteroatoms. The van der Waals surface area contributed by atoms with E-state index in [0.717, 1.165) is 78.9 Å². The maximum Gasteiger partial charge on any atom is 0.345 e. The van der Waals surface area contributed by atoms with E-state index in [1.54, 1.807) is 0 Å². The van der Waals surface area contributed by atoms with Gasteiger partial charge in [-0.15, -0.1) is 0 Å². The summed E-state index contributed by atoms with van der Waals surface area (Å²) < 4.78 is 28.4. The standard InChI is InChI=1S/C54H44O24/c55-29-7-1-23(14-34(29)60)17-39(50(66)67)74-42(65)12-3-22-13-28-44(46(77-48(28)38(64)16-22)26-5-9-31(57)36(62)19-26)53(72)76-41(52(70)71)21-25-4-11-33(59)49-43(25)45(47(78-49)27-6-10-32(58)37(63)20-27)54(73)75-40(51(68)69)18-24-2-8-30(56)35(61)15-24/h1-16,19-20,39-41,44-47,55-64H,17-18,21H2,(H,66,67)(H,68,69)(H,70,71)/b12-3+/t39-,40-,41-,44+,45+,46-,47-/m1/s1. The molecule has 13 N–H and O–H groups in total. The van der Waals surface area contributed by atoms with Gasteiger partial charge < -0.3 is 90.1 Å². The van der Waals surface area contributed by atoms with E-state index in [1.807, 2.05) is 0 Å². The zero-order valence-corrected chi connectivity index (χ0v) is 39.9. The van der Waals surface area contributed by atoms with E-state index < -0.39 is 161 Å². The molecule has 0 spiro atoms. The predicted molar refractivity (Wildman–Crippen MR) is 260 cm³/mol. The number of carbonyl (C=O) groups is 6. The summed E-state index contributed by atoms with van der Waals surface area (Å²) in [6.07, 6.45) is -9.08. The fourth-order valence-corrected chi connectivity index (χ4v) is 8.87. The van der Waals surface area contributed by atoms with Crippen LogP contribution in [0.1, 0.15) is 68.6 Å². The molecule has 0 saturated carbocycles. The molecule has 8 rings (SSSR count). The van der Waals surface area contributed by atoms with Crippen molar-refractivity contribution in [3.8, 4) is 69.0 Å². The van der Waals surface area contributed by atoms with Crippen LogP contribution in [0.3, 0.4) is 0 Å². The number of aliphatic carboxylic acids is 3. The van der Waals surface area contributed by atoms with Gasteiger partial charge >= 0.3 is 35.8 Å². The highest BCUT2D eigenvalue weighted by Gasteiger charge is 2.48. The number of carboxylic acid groups (broad SMARTS) is 3. The summed E-state index contributed by atoms with van der Waals surface area (Å²) in [5.41, 5.74) is -0.430. The first-order valence-corrected chi connectivity index (χ1v) is 23.1. The van der Waals surface area contributed by atoms with E-state index in [4.69, 9.17) is 23.7 Å². The zero-order valence-electron chi connectivity index (χ0n) is 39.9. The van der Waals surface area contributed by atoms with Crippen LogP contribution in [0.2, 0.25) is 0 Å². The number of fused-ring (bicyclic) bond motifs is 2. The van der Waals surface area contributed by atoms with Crippen LogP contribution >= 0.6 is 0 Å². The first-order chi connectivity index (χ1) is 37.0. The minimum absolute atomic E-state index is 0.0138. The Morgan fingerprint density at radius 3 is 1.38 bits per heavy atom. The zero-order chi connectivity index (χ0) is 56.4. The van der Waals surface area contributed by atoms with Gasteiger partial charge in [0.15, 0.2) is 69.0 Å². The molecule has 0 unspecified atom stereocenters. The Morgan fingerprint density at radius 1 is 0.449 bits per heavy atom.